The molecule has 1 fully saturated rings. The predicted octanol–water partition coefficient (Wildman–Crippen LogP) is 8.10. The van der Waals surface area contributed by atoms with Crippen LogP contribution in [0.3, 0.4) is 0 Å². The highest BCUT2D eigenvalue weighted by molar-refractivity contribution is 6.35. The van der Waals surface area contributed by atoms with Gasteiger partial charge >= 0.3 is 0 Å². The number of nitrogens with one attached hydrogen (secondary N) is 3. The van der Waals surface area contributed by atoms with Crippen LogP contribution in [0.1, 0.15) is 42.4 Å². The Morgan fingerprint density at radius 1 is 1.22 bits per heavy atom. The number of anilines is 1. The van der Waals surface area contributed by atoms with Crippen molar-refractivity contribution in [3.05, 3.63) is 125 Å². The molecular weight excluding hydrogens is 540 g/mol. The Bertz CT molecular complexity index is 1520. The summed E-state index contributed by atoms with van der Waals surface area (Å²) in [7, 11) is 0. The molecule has 3 heterocycles. The minimum atomic E-state index is -0.667. The topological polar surface area (TPSA) is 56.0 Å². The Morgan fingerprint density at radius 3 is 2.61 bits per heavy atom. The molecule has 41 heavy (non-hydrogen) atoms. The number of H-pyrrole nitrogens is 1. The Morgan fingerprint density at radius 2 is 1.95 bits per heavy atom. The summed E-state index contributed by atoms with van der Waals surface area (Å²) in [5, 5.41) is 6.95. The van der Waals surface area contributed by atoms with Crippen LogP contribution in [0.4, 0.5) is 14.7 Å². The first-order valence-electron chi connectivity index (χ1n) is 13.7. The predicted molar refractivity (Wildman–Crippen MR) is 165 cm³/mol. The van der Waals surface area contributed by atoms with E-state index in [1.165, 1.54) is 23.8 Å². The average molecular weight is 574 g/mol. The highest BCUT2D eigenvalue weighted by Crippen LogP contribution is 2.45. The molecule has 2 aliphatic heterocycles. The first kappa shape index (κ1) is 28.6. The van der Waals surface area contributed by atoms with E-state index in [1.54, 1.807) is 25.4 Å². The molecule has 8 heteroatoms. The van der Waals surface area contributed by atoms with Crippen molar-refractivity contribution in [1.29, 1.82) is 0 Å². The van der Waals surface area contributed by atoms with E-state index in [0.717, 1.165) is 31.5 Å². The molecule has 5 nitrogen and oxygen atoms in total. The summed E-state index contributed by atoms with van der Waals surface area (Å²) in [6.07, 6.45) is 9.76. The zero-order valence-corrected chi connectivity index (χ0v) is 23.9. The van der Waals surface area contributed by atoms with Gasteiger partial charge in [0, 0.05) is 47.0 Å². The average Bonchev–Trinajstić information content (AvgIpc) is 3.60. The fraction of sp³-hybridized carbons (Fsp3) is 0.242. The zero-order valence-electron chi connectivity index (χ0n) is 23.1. The lowest BCUT2D eigenvalue weighted by molar-refractivity contribution is 0.369. The second-order valence-electron chi connectivity index (χ2n) is 10.4. The van der Waals surface area contributed by atoms with Crippen LogP contribution in [-0.2, 0) is 6.54 Å². The Labute approximate surface area is 245 Å². The lowest BCUT2D eigenvalue weighted by Crippen LogP contribution is -2.35. The molecule has 0 bridgehead atoms. The van der Waals surface area contributed by atoms with Gasteiger partial charge in [-0.05, 0) is 73.7 Å². The Hall–Kier alpha value is -3.94. The highest BCUT2D eigenvalue weighted by Gasteiger charge is 2.36. The molecule has 0 amide bonds. The van der Waals surface area contributed by atoms with Crippen molar-refractivity contribution >= 4 is 23.2 Å². The number of hydrogen-bond acceptors (Lipinski definition) is 4. The summed E-state index contributed by atoms with van der Waals surface area (Å²) in [5.41, 5.74) is 5.06. The van der Waals surface area contributed by atoms with Crippen molar-refractivity contribution < 1.29 is 8.78 Å². The van der Waals surface area contributed by atoms with Crippen molar-refractivity contribution in [2.24, 2.45) is 0 Å². The van der Waals surface area contributed by atoms with Crippen LogP contribution >= 0.6 is 11.6 Å². The number of piperidine rings is 1. The third kappa shape index (κ3) is 5.92. The van der Waals surface area contributed by atoms with Gasteiger partial charge in [-0.3, -0.25) is 0 Å². The van der Waals surface area contributed by atoms with E-state index in [0.29, 0.717) is 50.5 Å². The molecule has 0 saturated carbocycles. The molecule has 1 saturated heterocycles. The molecule has 2 aliphatic rings. The maximum atomic E-state index is 15.7. The van der Waals surface area contributed by atoms with Crippen molar-refractivity contribution in [2.45, 2.75) is 38.3 Å². The summed E-state index contributed by atoms with van der Waals surface area (Å²) in [5.74, 6) is 0.142. The Kier molecular flexibility index (Phi) is 8.57. The lowest BCUT2D eigenvalue weighted by atomic mass is 9.89. The normalized spacial score (nSPS) is 16.7. The lowest BCUT2D eigenvalue weighted by Gasteiger charge is -2.33. The zero-order chi connectivity index (χ0) is 29.1. The molecule has 1 aromatic heterocycles. The van der Waals surface area contributed by atoms with Crippen LogP contribution in [0.15, 0.2) is 97.8 Å². The van der Waals surface area contributed by atoms with Crippen molar-refractivity contribution in [3.63, 3.8) is 0 Å². The van der Waals surface area contributed by atoms with Gasteiger partial charge in [-0.25, -0.2) is 13.8 Å². The standard InChI is InChI=1S/C33H34ClF2N5/c1-5-6-26(35)17-20(2)32(21(3)40-33-38-15-16-39-33)41-19-28-29(36)18-27(31(34)30(28)22(41)4)25-9-7-23(8-10-25)24-11-13-37-14-12-24/h5-10,15-18,24,32,37H,2-4,11-14,19H2,1H3,(H2,38,39,40)/b6-5-,26-17+. The fourth-order valence-electron chi connectivity index (χ4n) is 5.71. The summed E-state index contributed by atoms with van der Waals surface area (Å²) >= 11 is 6.99. The van der Waals surface area contributed by atoms with E-state index in [2.05, 4.69) is 52.5 Å². The Balaban J connectivity index is 1.48. The van der Waals surface area contributed by atoms with E-state index < -0.39 is 11.9 Å². The van der Waals surface area contributed by atoms with Crippen molar-refractivity contribution in [2.75, 3.05) is 18.4 Å². The maximum absolute atomic E-state index is 15.7. The SMILES string of the molecule is C=C(/C=C(F)\C=C/C)C(C(=C)Nc1ncc[nH]1)N1Cc2c(F)cc(-c3ccc(C4CCNCC4)cc3)c(Cl)c2C1=C. The molecule has 3 N–H and O–H groups in total. The molecular formula is C33H34ClF2N5. The third-order valence-corrected chi connectivity index (χ3v) is 8.12. The van der Waals surface area contributed by atoms with Gasteiger partial charge in [0.1, 0.15) is 11.6 Å². The number of imidazole rings is 1. The molecule has 3 aromatic rings. The number of rotatable bonds is 9. The monoisotopic (exact) mass is 573 g/mol. The number of aromatic nitrogens is 2. The summed E-state index contributed by atoms with van der Waals surface area (Å²) in [6, 6.07) is 9.07. The quantitative estimate of drug-likeness (QED) is 0.226. The van der Waals surface area contributed by atoms with Gasteiger partial charge in [-0.15, -0.1) is 0 Å². The summed E-state index contributed by atoms with van der Waals surface area (Å²) in [4.78, 5) is 9.01. The molecule has 1 unspecified atom stereocenters. The van der Waals surface area contributed by atoms with E-state index in [1.807, 2.05) is 17.0 Å². The molecule has 1 atom stereocenters. The molecule has 2 aromatic carbocycles. The first-order chi connectivity index (χ1) is 19.8. The van der Waals surface area contributed by atoms with Crippen LogP contribution in [0.2, 0.25) is 5.02 Å². The van der Waals surface area contributed by atoms with Crippen LogP contribution in [0.25, 0.3) is 16.8 Å². The molecule has 0 radical (unpaired) electrons. The largest absolute Gasteiger partial charge is 0.354 e. The van der Waals surface area contributed by atoms with Crippen LogP contribution in [0, 0.1) is 5.82 Å². The van der Waals surface area contributed by atoms with Gasteiger partial charge in [0.05, 0.1) is 11.1 Å². The number of allylic oxidation sites excluding steroid dienone is 3. The van der Waals surface area contributed by atoms with E-state index in [-0.39, 0.29) is 12.4 Å². The molecule has 212 valence electrons. The third-order valence-electron chi connectivity index (χ3n) is 7.73. The van der Waals surface area contributed by atoms with Gasteiger partial charge in [0.15, 0.2) is 0 Å². The van der Waals surface area contributed by atoms with Crippen molar-refractivity contribution in [1.82, 2.24) is 20.2 Å². The summed E-state index contributed by atoms with van der Waals surface area (Å²) < 4.78 is 30.3. The van der Waals surface area contributed by atoms with E-state index >= 15 is 4.39 Å². The minimum Gasteiger partial charge on any atom is -0.354 e. The molecule has 0 spiro atoms. The smallest absolute Gasteiger partial charge is 0.204 e. The van der Waals surface area contributed by atoms with Crippen molar-refractivity contribution in [3.8, 4) is 11.1 Å². The number of hydrogen-bond donors (Lipinski definition) is 3. The van der Waals surface area contributed by atoms with E-state index in [9.17, 15) is 4.39 Å². The van der Waals surface area contributed by atoms with Gasteiger partial charge in [0.25, 0.3) is 0 Å². The van der Waals surface area contributed by atoms with Crippen LogP contribution in [-0.4, -0.2) is 34.0 Å². The van der Waals surface area contributed by atoms with Crippen LogP contribution in [0.5, 0.6) is 0 Å². The van der Waals surface area contributed by atoms with Gasteiger partial charge in [0.2, 0.25) is 5.95 Å². The van der Waals surface area contributed by atoms with E-state index in [4.69, 9.17) is 11.6 Å². The molecule has 5 rings (SSSR count). The number of fused-ring (bicyclic) bond motifs is 1. The first-order valence-corrected chi connectivity index (χ1v) is 14.1. The van der Waals surface area contributed by atoms with Gasteiger partial charge in [-0.1, -0.05) is 61.7 Å². The number of nitrogens with zero attached hydrogens (tertiary/aromatic N) is 2. The molecule has 0 aliphatic carbocycles. The van der Waals surface area contributed by atoms with Gasteiger partial charge < -0.3 is 20.5 Å². The second-order valence-corrected chi connectivity index (χ2v) is 10.8. The minimum absolute atomic E-state index is 0.163. The summed E-state index contributed by atoms with van der Waals surface area (Å²) in [6.45, 7) is 16.5. The van der Waals surface area contributed by atoms with Crippen LogP contribution < -0.4 is 10.6 Å². The maximum Gasteiger partial charge on any atom is 0.204 e. The highest BCUT2D eigenvalue weighted by atomic mass is 35.5. The number of aromatic amines is 1. The fourth-order valence-corrected chi connectivity index (χ4v) is 6.09. The second kappa shape index (κ2) is 12.3. The van der Waals surface area contributed by atoms with Gasteiger partial charge in [-0.2, -0.15) is 0 Å². The number of benzene rings is 2. The number of halogens is 3.